The van der Waals surface area contributed by atoms with Crippen LogP contribution < -0.4 is 4.74 Å². The second-order valence-corrected chi connectivity index (χ2v) is 4.87. The van der Waals surface area contributed by atoms with E-state index in [0.717, 1.165) is 5.56 Å². The molecule has 1 aromatic carbocycles. The van der Waals surface area contributed by atoms with Crippen molar-refractivity contribution in [1.82, 2.24) is 9.97 Å². The maximum absolute atomic E-state index is 11.5. The summed E-state index contributed by atoms with van der Waals surface area (Å²) < 4.78 is 5.28. The van der Waals surface area contributed by atoms with Crippen LogP contribution in [0.15, 0.2) is 36.7 Å². The van der Waals surface area contributed by atoms with Crippen molar-refractivity contribution in [2.24, 2.45) is 0 Å². The summed E-state index contributed by atoms with van der Waals surface area (Å²) >= 11 is 5.83. The average Bonchev–Trinajstić information content (AvgIpc) is 2.47. The molecule has 21 heavy (non-hydrogen) atoms. The van der Waals surface area contributed by atoms with Crippen LogP contribution in [0.5, 0.6) is 5.88 Å². The molecule has 2 rings (SSSR count). The minimum atomic E-state index is -0.939. The van der Waals surface area contributed by atoms with Crippen molar-refractivity contribution in [2.75, 3.05) is 6.61 Å². The van der Waals surface area contributed by atoms with Crippen LogP contribution in [0.4, 0.5) is 0 Å². The van der Waals surface area contributed by atoms with Crippen molar-refractivity contribution < 1.29 is 14.6 Å². The highest BCUT2D eigenvalue weighted by molar-refractivity contribution is 6.30. The van der Waals surface area contributed by atoms with E-state index in [1.54, 1.807) is 18.2 Å². The average molecular weight is 307 g/mol. The molecule has 1 aromatic heterocycles. The zero-order valence-electron chi connectivity index (χ0n) is 11.5. The summed E-state index contributed by atoms with van der Waals surface area (Å²) in [5, 5.41) is 10.1. The zero-order chi connectivity index (χ0) is 15.2. The van der Waals surface area contributed by atoms with Crippen LogP contribution in [0.3, 0.4) is 0 Å². The number of nitrogens with zero attached hydrogens (tertiary/aromatic N) is 2. The predicted molar refractivity (Wildman–Crippen MR) is 78.7 cm³/mol. The Balaban J connectivity index is 2.24. The van der Waals surface area contributed by atoms with E-state index in [1.165, 1.54) is 6.33 Å². The van der Waals surface area contributed by atoms with E-state index in [2.05, 4.69) is 9.97 Å². The first-order valence-corrected chi connectivity index (χ1v) is 6.90. The van der Waals surface area contributed by atoms with Gasteiger partial charge in [-0.1, -0.05) is 23.7 Å². The first-order chi connectivity index (χ1) is 10.1. The lowest BCUT2D eigenvalue weighted by atomic mass is 9.96. The molecule has 110 valence electrons. The number of ether oxygens (including phenoxy) is 1. The van der Waals surface area contributed by atoms with Crippen LogP contribution in [-0.4, -0.2) is 27.7 Å². The number of carbonyl (C=O) groups is 1. The van der Waals surface area contributed by atoms with E-state index >= 15 is 0 Å². The third-order valence-corrected chi connectivity index (χ3v) is 3.22. The molecule has 1 heterocycles. The topological polar surface area (TPSA) is 72.3 Å². The number of carboxylic acid groups (broad SMARTS) is 1. The normalized spacial score (nSPS) is 11.9. The second kappa shape index (κ2) is 7.04. The minimum absolute atomic E-state index is 0.328. The minimum Gasteiger partial charge on any atom is -0.481 e. The van der Waals surface area contributed by atoms with E-state index in [-0.39, 0.29) is 0 Å². The summed E-state index contributed by atoms with van der Waals surface area (Å²) in [6.07, 6.45) is 1.65. The standard InChI is InChI=1S/C15H15ClN2O3/c1-2-21-14-8-13(17-9-18-14)12(15(19)20)7-10-3-5-11(16)6-4-10/h3-6,8-9,12H,2,7H2,1H3,(H,19,20). The van der Waals surface area contributed by atoms with Gasteiger partial charge in [-0.05, 0) is 31.0 Å². The Morgan fingerprint density at radius 3 is 2.67 bits per heavy atom. The molecule has 0 aliphatic rings. The summed E-state index contributed by atoms with van der Waals surface area (Å²) in [6, 6.07) is 8.66. The lowest BCUT2D eigenvalue weighted by Crippen LogP contribution is -2.16. The number of carboxylic acids is 1. The number of aromatic nitrogens is 2. The van der Waals surface area contributed by atoms with Gasteiger partial charge in [0.2, 0.25) is 5.88 Å². The summed E-state index contributed by atoms with van der Waals surface area (Å²) in [4.78, 5) is 19.5. The largest absolute Gasteiger partial charge is 0.481 e. The lowest BCUT2D eigenvalue weighted by Gasteiger charge is -2.13. The van der Waals surface area contributed by atoms with Crippen LogP contribution in [0.25, 0.3) is 0 Å². The number of halogens is 1. The third-order valence-electron chi connectivity index (χ3n) is 2.96. The number of benzene rings is 1. The maximum atomic E-state index is 11.5. The fourth-order valence-electron chi connectivity index (χ4n) is 1.95. The van der Waals surface area contributed by atoms with Gasteiger partial charge in [0.1, 0.15) is 12.2 Å². The number of hydrogen-bond donors (Lipinski definition) is 1. The molecule has 0 amide bonds. The third kappa shape index (κ3) is 4.16. The predicted octanol–water partition coefficient (Wildman–Crippen LogP) is 2.94. The van der Waals surface area contributed by atoms with Crippen LogP contribution in [0.2, 0.25) is 5.02 Å². The molecule has 0 saturated heterocycles. The lowest BCUT2D eigenvalue weighted by molar-refractivity contribution is -0.138. The number of hydrogen-bond acceptors (Lipinski definition) is 4. The Bertz CT molecular complexity index is 617. The Morgan fingerprint density at radius 2 is 2.05 bits per heavy atom. The van der Waals surface area contributed by atoms with Gasteiger partial charge in [-0.3, -0.25) is 4.79 Å². The van der Waals surface area contributed by atoms with Crippen LogP contribution in [0, 0.1) is 0 Å². The van der Waals surface area contributed by atoms with Crippen molar-refractivity contribution in [3.8, 4) is 5.88 Å². The monoisotopic (exact) mass is 306 g/mol. The molecular weight excluding hydrogens is 292 g/mol. The number of aliphatic carboxylic acids is 1. The van der Waals surface area contributed by atoms with Gasteiger partial charge in [0.25, 0.3) is 0 Å². The van der Waals surface area contributed by atoms with Crippen molar-refractivity contribution in [3.05, 3.63) is 52.9 Å². The molecule has 6 heteroatoms. The van der Waals surface area contributed by atoms with Gasteiger partial charge in [0.05, 0.1) is 12.3 Å². The van der Waals surface area contributed by atoms with Crippen molar-refractivity contribution in [3.63, 3.8) is 0 Å². The molecule has 1 N–H and O–H groups in total. The molecule has 0 spiro atoms. The molecule has 1 atom stereocenters. The molecule has 2 aromatic rings. The van der Waals surface area contributed by atoms with Crippen molar-refractivity contribution in [1.29, 1.82) is 0 Å². The van der Waals surface area contributed by atoms with Crippen molar-refractivity contribution >= 4 is 17.6 Å². The Hall–Kier alpha value is -2.14. The highest BCUT2D eigenvalue weighted by atomic mass is 35.5. The zero-order valence-corrected chi connectivity index (χ0v) is 12.2. The quantitative estimate of drug-likeness (QED) is 0.888. The smallest absolute Gasteiger partial charge is 0.312 e. The van der Waals surface area contributed by atoms with Gasteiger partial charge in [-0.2, -0.15) is 0 Å². The fourth-order valence-corrected chi connectivity index (χ4v) is 2.07. The van der Waals surface area contributed by atoms with Gasteiger partial charge in [0.15, 0.2) is 0 Å². The molecule has 0 bridgehead atoms. The van der Waals surface area contributed by atoms with Gasteiger partial charge in [-0.25, -0.2) is 9.97 Å². The maximum Gasteiger partial charge on any atom is 0.312 e. The molecule has 0 fully saturated rings. The van der Waals surface area contributed by atoms with Crippen LogP contribution in [0.1, 0.15) is 24.1 Å². The van der Waals surface area contributed by atoms with E-state index in [4.69, 9.17) is 16.3 Å². The first kappa shape index (κ1) is 15.3. The Morgan fingerprint density at radius 1 is 1.33 bits per heavy atom. The van der Waals surface area contributed by atoms with E-state index in [1.807, 2.05) is 19.1 Å². The van der Waals surface area contributed by atoms with E-state index in [0.29, 0.717) is 29.6 Å². The molecule has 0 saturated carbocycles. The van der Waals surface area contributed by atoms with Gasteiger partial charge in [0, 0.05) is 11.1 Å². The van der Waals surface area contributed by atoms with Crippen LogP contribution in [-0.2, 0) is 11.2 Å². The molecule has 5 nitrogen and oxygen atoms in total. The summed E-state index contributed by atoms with van der Waals surface area (Å²) in [5.74, 6) is -1.32. The Kier molecular flexibility index (Phi) is 5.11. The van der Waals surface area contributed by atoms with E-state index in [9.17, 15) is 9.90 Å². The highest BCUT2D eigenvalue weighted by Gasteiger charge is 2.22. The molecule has 0 aliphatic carbocycles. The second-order valence-electron chi connectivity index (χ2n) is 4.44. The summed E-state index contributed by atoms with van der Waals surface area (Å²) in [7, 11) is 0. The molecule has 0 radical (unpaired) electrons. The molecule has 1 unspecified atom stereocenters. The fraction of sp³-hybridized carbons (Fsp3) is 0.267. The van der Waals surface area contributed by atoms with Crippen LogP contribution >= 0.6 is 11.6 Å². The van der Waals surface area contributed by atoms with Gasteiger partial charge >= 0.3 is 5.97 Å². The Labute approximate surface area is 127 Å². The van der Waals surface area contributed by atoms with E-state index < -0.39 is 11.9 Å². The highest BCUT2D eigenvalue weighted by Crippen LogP contribution is 2.22. The SMILES string of the molecule is CCOc1cc(C(Cc2ccc(Cl)cc2)C(=O)O)ncn1. The first-order valence-electron chi connectivity index (χ1n) is 6.52. The van der Waals surface area contributed by atoms with Gasteiger partial charge in [-0.15, -0.1) is 0 Å². The van der Waals surface area contributed by atoms with Crippen molar-refractivity contribution in [2.45, 2.75) is 19.3 Å². The summed E-state index contributed by atoms with van der Waals surface area (Å²) in [5.41, 5.74) is 1.30. The molecular formula is C15H15ClN2O3. The number of rotatable bonds is 6. The molecule has 0 aliphatic heterocycles. The van der Waals surface area contributed by atoms with Gasteiger partial charge < -0.3 is 9.84 Å². The summed E-state index contributed by atoms with van der Waals surface area (Å²) in [6.45, 7) is 2.30.